The maximum atomic E-state index is 12.8. The van der Waals surface area contributed by atoms with Gasteiger partial charge >= 0.3 is 12.1 Å². The molecule has 3 rings (SSSR count). The van der Waals surface area contributed by atoms with Gasteiger partial charge in [-0.2, -0.15) is 18.4 Å². The summed E-state index contributed by atoms with van der Waals surface area (Å²) in [6.45, 7) is 0. The Labute approximate surface area is 173 Å². The Hall–Kier alpha value is -4.32. The molecule has 2 aromatic carbocycles. The van der Waals surface area contributed by atoms with E-state index in [0.29, 0.717) is 11.3 Å². The van der Waals surface area contributed by atoms with E-state index >= 15 is 0 Å². The van der Waals surface area contributed by atoms with Gasteiger partial charge in [0.1, 0.15) is 23.2 Å². The Morgan fingerprint density at radius 1 is 1.06 bits per heavy atom. The third kappa shape index (κ3) is 5.19. The van der Waals surface area contributed by atoms with E-state index in [-0.39, 0.29) is 22.6 Å². The summed E-state index contributed by atoms with van der Waals surface area (Å²) in [7, 11) is 0. The molecule has 0 spiro atoms. The van der Waals surface area contributed by atoms with Gasteiger partial charge in [0.05, 0.1) is 11.1 Å². The van der Waals surface area contributed by atoms with Gasteiger partial charge in [-0.05, 0) is 42.5 Å². The molecule has 0 atom stereocenters. The minimum absolute atomic E-state index is 0.105. The van der Waals surface area contributed by atoms with Crippen molar-refractivity contribution in [2.24, 2.45) is 0 Å². The molecule has 1 amide bonds. The summed E-state index contributed by atoms with van der Waals surface area (Å²) >= 11 is 0. The average molecular weight is 426 g/mol. The van der Waals surface area contributed by atoms with Crippen molar-refractivity contribution in [3.8, 4) is 17.4 Å². The van der Waals surface area contributed by atoms with E-state index in [1.165, 1.54) is 24.3 Å². The molecule has 0 unspecified atom stereocenters. The maximum absolute atomic E-state index is 12.8. The summed E-state index contributed by atoms with van der Waals surface area (Å²) in [5.41, 5.74) is -0.735. The first kappa shape index (κ1) is 21.4. The molecule has 0 bridgehead atoms. The molecule has 1 aromatic heterocycles. The van der Waals surface area contributed by atoms with E-state index in [0.717, 1.165) is 24.3 Å². The highest BCUT2D eigenvalue weighted by atomic mass is 19.4. The van der Waals surface area contributed by atoms with Gasteiger partial charge in [-0.15, -0.1) is 0 Å². The van der Waals surface area contributed by atoms with Crippen LogP contribution in [0.2, 0.25) is 0 Å². The van der Waals surface area contributed by atoms with Crippen molar-refractivity contribution < 1.29 is 32.3 Å². The van der Waals surface area contributed by atoms with Crippen LogP contribution in [0, 0.1) is 11.3 Å². The number of aromatic carboxylic acids is 1. The SMILES string of the molecule is N#C/C(=C/c1ccc(-c2ccc(C(=O)O)cc2)o1)C(=O)Nc1cccc(C(F)(F)F)c1. The lowest BCUT2D eigenvalue weighted by Crippen LogP contribution is -2.14. The van der Waals surface area contributed by atoms with Crippen LogP contribution in [0.15, 0.2) is 70.7 Å². The number of carbonyl (C=O) groups is 2. The van der Waals surface area contributed by atoms with Crippen LogP contribution in [0.5, 0.6) is 0 Å². The summed E-state index contributed by atoms with van der Waals surface area (Å²) in [5, 5.41) is 20.5. The predicted octanol–water partition coefficient (Wildman–Crippen LogP) is 5.21. The highest BCUT2D eigenvalue weighted by Gasteiger charge is 2.30. The van der Waals surface area contributed by atoms with E-state index < -0.39 is 23.6 Å². The van der Waals surface area contributed by atoms with Gasteiger partial charge in [-0.1, -0.05) is 18.2 Å². The van der Waals surface area contributed by atoms with Crippen LogP contribution in [-0.4, -0.2) is 17.0 Å². The molecule has 0 aliphatic heterocycles. The molecule has 0 aliphatic carbocycles. The van der Waals surface area contributed by atoms with Gasteiger partial charge in [-0.3, -0.25) is 4.79 Å². The van der Waals surface area contributed by atoms with Gasteiger partial charge in [0.15, 0.2) is 0 Å². The fourth-order valence-corrected chi connectivity index (χ4v) is 2.63. The molecular formula is C22H13F3N2O4. The molecule has 0 aliphatic rings. The van der Waals surface area contributed by atoms with Gasteiger partial charge in [-0.25, -0.2) is 4.79 Å². The number of nitrogens with one attached hydrogen (secondary N) is 1. The summed E-state index contributed by atoms with van der Waals surface area (Å²) < 4.78 is 44.0. The molecular weight excluding hydrogens is 413 g/mol. The number of hydrogen-bond acceptors (Lipinski definition) is 4. The number of carbonyl (C=O) groups excluding carboxylic acids is 1. The van der Waals surface area contributed by atoms with E-state index in [2.05, 4.69) is 5.32 Å². The first-order valence-corrected chi connectivity index (χ1v) is 8.71. The molecule has 0 saturated carbocycles. The van der Waals surface area contributed by atoms with Crippen molar-refractivity contribution in [1.29, 1.82) is 5.26 Å². The number of anilines is 1. The fraction of sp³-hybridized carbons (Fsp3) is 0.0455. The standard InChI is InChI=1S/C22H13F3N2O4/c23-22(24,25)16-2-1-3-17(11-16)27-20(28)15(12-26)10-18-8-9-19(31-18)13-4-6-14(7-5-13)21(29)30/h1-11H,(H,27,28)(H,29,30)/b15-10-. The molecule has 3 aromatic rings. The summed E-state index contributed by atoms with van der Waals surface area (Å²) in [5.74, 6) is -1.43. The average Bonchev–Trinajstić information content (AvgIpc) is 3.20. The number of alkyl halides is 3. The number of halogens is 3. The summed E-state index contributed by atoms with van der Waals surface area (Å²) in [6, 6.07) is 14.7. The summed E-state index contributed by atoms with van der Waals surface area (Å²) in [4.78, 5) is 23.2. The topological polar surface area (TPSA) is 103 Å². The normalized spacial score (nSPS) is 11.6. The molecule has 1 heterocycles. The lowest BCUT2D eigenvalue weighted by Gasteiger charge is -2.09. The second-order valence-electron chi connectivity index (χ2n) is 6.29. The van der Waals surface area contributed by atoms with Crippen LogP contribution in [-0.2, 0) is 11.0 Å². The molecule has 31 heavy (non-hydrogen) atoms. The van der Waals surface area contributed by atoms with Gasteiger partial charge in [0.25, 0.3) is 5.91 Å². The molecule has 2 N–H and O–H groups in total. The number of carboxylic acids is 1. The van der Waals surface area contributed by atoms with Crippen molar-refractivity contribution in [3.63, 3.8) is 0 Å². The molecule has 0 fully saturated rings. The zero-order valence-corrected chi connectivity index (χ0v) is 15.6. The first-order valence-electron chi connectivity index (χ1n) is 8.71. The largest absolute Gasteiger partial charge is 0.478 e. The molecule has 6 nitrogen and oxygen atoms in total. The highest BCUT2D eigenvalue weighted by molar-refractivity contribution is 6.09. The third-order valence-corrected chi connectivity index (χ3v) is 4.14. The number of furan rings is 1. The predicted molar refractivity (Wildman–Crippen MR) is 105 cm³/mol. The van der Waals surface area contributed by atoms with Crippen molar-refractivity contribution in [1.82, 2.24) is 0 Å². The van der Waals surface area contributed by atoms with Gasteiger partial charge in [0, 0.05) is 17.3 Å². The van der Waals surface area contributed by atoms with Crippen molar-refractivity contribution in [2.45, 2.75) is 6.18 Å². The van der Waals surface area contributed by atoms with Crippen LogP contribution in [0.3, 0.4) is 0 Å². The molecule has 156 valence electrons. The van der Waals surface area contributed by atoms with Crippen molar-refractivity contribution in [2.75, 3.05) is 5.32 Å². The number of benzene rings is 2. The second-order valence-corrected chi connectivity index (χ2v) is 6.29. The Kier molecular flexibility index (Phi) is 5.93. The first-order chi connectivity index (χ1) is 14.7. The van der Waals surface area contributed by atoms with Crippen LogP contribution in [0.4, 0.5) is 18.9 Å². The highest BCUT2D eigenvalue weighted by Crippen LogP contribution is 2.31. The fourth-order valence-electron chi connectivity index (χ4n) is 2.63. The zero-order valence-electron chi connectivity index (χ0n) is 15.6. The lowest BCUT2D eigenvalue weighted by molar-refractivity contribution is -0.137. The van der Waals surface area contributed by atoms with Gasteiger partial charge in [0.2, 0.25) is 0 Å². The molecule has 0 saturated heterocycles. The Balaban J connectivity index is 1.78. The van der Waals surface area contributed by atoms with Gasteiger partial charge < -0.3 is 14.8 Å². The van der Waals surface area contributed by atoms with E-state index in [1.54, 1.807) is 24.3 Å². The van der Waals surface area contributed by atoms with Crippen LogP contribution < -0.4 is 5.32 Å². The number of carboxylic acid groups (broad SMARTS) is 1. The second kappa shape index (κ2) is 8.59. The number of hydrogen-bond donors (Lipinski definition) is 2. The summed E-state index contributed by atoms with van der Waals surface area (Å²) in [6.07, 6.45) is -3.42. The smallest absolute Gasteiger partial charge is 0.416 e. The number of nitrogens with zero attached hydrogens (tertiary/aromatic N) is 1. The number of nitriles is 1. The van der Waals surface area contributed by atoms with Crippen molar-refractivity contribution in [3.05, 3.63) is 83.1 Å². The molecule has 0 radical (unpaired) electrons. The van der Waals surface area contributed by atoms with E-state index in [9.17, 15) is 28.0 Å². The Morgan fingerprint density at radius 2 is 1.77 bits per heavy atom. The van der Waals surface area contributed by atoms with E-state index in [4.69, 9.17) is 9.52 Å². The quantitative estimate of drug-likeness (QED) is 0.431. The van der Waals surface area contributed by atoms with Crippen LogP contribution >= 0.6 is 0 Å². The maximum Gasteiger partial charge on any atom is 0.416 e. The minimum Gasteiger partial charge on any atom is -0.478 e. The number of rotatable bonds is 5. The third-order valence-electron chi connectivity index (χ3n) is 4.14. The zero-order chi connectivity index (χ0) is 22.6. The van der Waals surface area contributed by atoms with Crippen molar-refractivity contribution >= 4 is 23.6 Å². The Morgan fingerprint density at radius 3 is 2.39 bits per heavy atom. The Bertz CT molecular complexity index is 1200. The molecule has 9 heteroatoms. The van der Waals surface area contributed by atoms with Crippen LogP contribution in [0.1, 0.15) is 21.7 Å². The lowest BCUT2D eigenvalue weighted by atomic mass is 10.1. The van der Waals surface area contributed by atoms with Crippen LogP contribution in [0.25, 0.3) is 17.4 Å². The number of amides is 1. The minimum atomic E-state index is -4.57. The monoisotopic (exact) mass is 426 g/mol. The van der Waals surface area contributed by atoms with E-state index in [1.807, 2.05) is 0 Å².